The van der Waals surface area contributed by atoms with Crippen molar-refractivity contribution in [1.29, 1.82) is 0 Å². The Kier molecular flexibility index (Phi) is 5.07. The highest BCUT2D eigenvalue weighted by molar-refractivity contribution is 7.14. The molecule has 0 saturated heterocycles. The van der Waals surface area contributed by atoms with Crippen molar-refractivity contribution in [2.45, 2.75) is 45.2 Å². The zero-order valence-electron chi connectivity index (χ0n) is 11.5. The topological polar surface area (TPSA) is 46.5 Å². The Morgan fingerprint density at radius 2 is 1.95 bits per heavy atom. The minimum Gasteiger partial charge on any atom is -0.492 e. The van der Waals surface area contributed by atoms with Crippen molar-refractivity contribution in [3.8, 4) is 5.75 Å². The van der Waals surface area contributed by atoms with Crippen LogP contribution in [0.25, 0.3) is 0 Å². The molecule has 0 aliphatic rings. The fourth-order valence-corrected chi connectivity index (χ4v) is 2.45. The van der Waals surface area contributed by atoms with E-state index in [1.165, 1.54) is 0 Å². The van der Waals surface area contributed by atoms with Crippen molar-refractivity contribution in [2.75, 3.05) is 6.61 Å². The molecule has 3 nitrogen and oxygen atoms in total. The minimum atomic E-state index is -4.22. The monoisotopic (exact) mass is 310 g/mol. The van der Waals surface area contributed by atoms with Gasteiger partial charge >= 0.3 is 12.1 Å². The Morgan fingerprint density at radius 1 is 1.35 bits per heavy atom. The van der Waals surface area contributed by atoms with Crippen LogP contribution in [0, 0.1) is 0 Å². The van der Waals surface area contributed by atoms with Crippen LogP contribution in [0.1, 0.15) is 48.2 Å². The molecule has 1 N–H and O–H groups in total. The summed E-state index contributed by atoms with van der Waals surface area (Å²) in [6, 6.07) is 1.60. The van der Waals surface area contributed by atoms with Gasteiger partial charge in [-0.15, -0.1) is 11.3 Å². The van der Waals surface area contributed by atoms with Crippen LogP contribution in [0.3, 0.4) is 0 Å². The molecule has 1 aromatic heterocycles. The van der Waals surface area contributed by atoms with Gasteiger partial charge in [0.05, 0.1) is 6.61 Å². The van der Waals surface area contributed by atoms with Crippen molar-refractivity contribution < 1.29 is 27.8 Å². The average Bonchev–Trinajstić information content (AvgIpc) is 2.66. The Balaban J connectivity index is 2.74. The number of hydrogen-bond donors (Lipinski definition) is 1. The normalized spacial score (nSPS) is 12.5. The standard InChI is InChI=1S/C13H17F3O3S/c1-12(2,3)9-7-8(10(20-9)11(17)18)19-6-4-5-13(14,15)16/h7H,4-6H2,1-3H3,(H,17,18). The van der Waals surface area contributed by atoms with Crippen molar-refractivity contribution in [1.82, 2.24) is 0 Å². The zero-order chi connectivity index (χ0) is 15.6. The number of halogens is 3. The molecule has 0 saturated carbocycles. The van der Waals surface area contributed by atoms with E-state index in [9.17, 15) is 18.0 Å². The van der Waals surface area contributed by atoms with E-state index in [0.29, 0.717) is 0 Å². The summed E-state index contributed by atoms with van der Waals surface area (Å²) in [6.07, 6.45) is -5.35. The highest BCUT2D eigenvalue weighted by Crippen LogP contribution is 2.37. The second kappa shape index (κ2) is 6.03. The molecular weight excluding hydrogens is 293 g/mol. The molecule has 1 heterocycles. The lowest BCUT2D eigenvalue weighted by Gasteiger charge is -2.15. The maximum atomic E-state index is 12.0. The lowest BCUT2D eigenvalue weighted by molar-refractivity contribution is -0.136. The summed E-state index contributed by atoms with van der Waals surface area (Å²) in [7, 11) is 0. The van der Waals surface area contributed by atoms with E-state index < -0.39 is 18.6 Å². The molecule has 0 spiro atoms. The zero-order valence-corrected chi connectivity index (χ0v) is 12.3. The third kappa shape index (κ3) is 5.03. The summed E-state index contributed by atoms with van der Waals surface area (Å²) in [5.41, 5.74) is -0.234. The largest absolute Gasteiger partial charge is 0.492 e. The number of alkyl halides is 3. The molecule has 1 aromatic rings. The summed E-state index contributed by atoms with van der Waals surface area (Å²) in [5, 5.41) is 9.08. The van der Waals surface area contributed by atoms with Crippen LogP contribution in [0.5, 0.6) is 5.75 Å². The minimum absolute atomic E-state index is 0.0296. The lowest BCUT2D eigenvalue weighted by atomic mass is 9.95. The fraction of sp³-hybridized carbons (Fsp3) is 0.615. The molecule has 0 bridgehead atoms. The Bertz CT molecular complexity index is 472. The first kappa shape index (κ1) is 16.8. The molecule has 7 heteroatoms. The van der Waals surface area contributed by atoms with Crippen molar-refractivity contribution in [3.63, 3.8) is 0 Å². The van der Waals surface area contributed by atoms with Gasteiger partial charge in [0, 0.05) is 11.3 Å². The molecule has 0 unspecified atom stereocenters. The number of carbonyl (C=O) groups is 1. The number of carboxylic acids is 1. The number of aromatic carboxylic acids is 1. The summed E-state index contributed by atoms with van der Waals surface area (Å²) in [4.78, 5) is 12.0. The summed E-state index contributed by atoms with van der Waals surface area (Å²) >= 11 is 1.09. The van der Waals surface area contributed by atoms with Gasteiger partial charge in [0.1, 0.15) is 5.75 Å². The average molecular weight is 310 g/mol. The quantitative estimate of drug-likeness (QED) is 0.816. The Morgan fingerprint density at radius 3 is 2.40 bits per heavy atom. The first-order valence-corrected chi connectivity index (χ1v) is 6.89. The van der Waals surface area contributed by atoms with Crippen LogP contribution in [0.2, 0.25) is 0 Å². The van der Waals surface area contributed by atoms with Gasteiger partial charge in [-0.25, -0.2) is 4.79 Å². The van der Waals surface area contributed by atoms with E-state index in [2.05, 4.69) is 0 Å². The number of ether oxygens (including phenoxy) is 1. The van der Waals surface area contributed by atoms with E-state index >= 15 is 0 Å². The summed E-state index contributed by atoms with van der Waals surface area (Å²) in [6.45, 7) is 5.63. The number of hydrogen-bond acceptors (Lipinski definition) is 3. The van der Waals surface area contributed by atoms with Crippen LogP contribution in [-0.4, -0.2) is 23.9 Å². The Hall–Kier alpha value is -1.24. The van der Waals surface area contributed by atoms with Crippen molar-refractivity contribution >= 4 is 17.3 Å². The third-order valence-electron chi connectivity index (χ3n) is 2.49. The number of thiophene rings is 1. The molecule has 0 fully saturated rings. The molecule has 0 atom stereocenters. The fourth-order valence-electron chi connectivity index (χ4n) is 1.45. The highest BCUT2D eigenvalue weighted by Gasteiger charge is 2.27. The van der Waals surface area contributed by atoms with Crippen LogP contribution in [0.4, 0.5) is 13.2 Å². The number of rotatable bonds is 5. The summed E-state index contributed by atoms with van der Waals surface area (Å²) in [5.74, 6) is -0.981. The molecule has 0 aliphatic carbocycles. The van der Waals surface area contributed by atoms with Crippen LogP contribution in [-0.2, 0) is 5.41 Å². The summed E-state index contributed by atoms with van der Waals surface area (Å²) < 4.78 is 41.2. The van der Waals surface area contributed by atoms with Gasteiger partial charge in [0.15, 0.2) is 4.88 Å². The molecule has 0 amide bonds. The molecule has 114 valence electrons. The predicted octanol–water partition coefficient (Wildman–Crippen LogP) is 4.47. The second-order valence-corrected chi connectivity index (χ2v) is 6.48. The molecule has 0 aliphatic heterocycles. The van der Waals surface area contributed by atoms with E-state index in [1.54, 1.807) is 6.07 Å². The van der Waals surface area contributed by atoms with E-state index in [4.69, 9.17) is 9.84 Å². The molecule has 0 radical (unpaired) electrons. The molecule has 1 rings (SSSR count). The number of carboxylic acid groups (broad SMARTS) is 1. The van der Waals surface area contributed by atoms with Crippen LogP contribution in [0.15, 0.2) is 6.07 Å². The van der Waals surface area contributed by atoms with Crippen molar-refractivity contribution in [3.05, 3.63) is 15.8 Å². The van der Waals surface area contributed by atoms with Gasteiger partial charge in [-0.2, -0.15) is 13.2 Å². The van der Waals surface area contributed by atoms with Crippen LogP contribution < -0.4 is 4.74 Å². The van der Waals surface area contributed by atoms with Crippen molar-refractivity contribution in [2.24, 2.45) is 0 Å². The molecule has 0 aromatic carbocycles. The first-order valence-electron chi connectivity index (χ1n) is 6.08. The highest BCUT2D eigenvalue weighted by atomic mass is 32.1. The lowest BCUT2D eigenvalue weighted by Crippen LogP contribution is -2.10. The molecular formula is C13H17F3O3S. The van der Waals surface area contributed by atoms with Crippen LogP contribution >= 0.6 is 11.3 Å². The third-order valence-corrected chi connectivity index (χ3v) is 4.02. The molecule has 20 heavy (non-hydrogen) atoms. The smallest absolute Gasteiger partial charge is 0.389 e. The maximum Gasteiger partial charge on any atom is 0.389 e. The second-order valence-electron chi connectivity index (χ2n) is 5.43. The Labute approximate surface area is 119 Å². The van der Waals surface area contributed by atoms with Gasteiger partial charge in [0.25, 0.3) is 0 Å². The van der Waals surface area contributed by atoms with Gasteiger partial charge in [-0.1, -0.05) is 20.8 Å². The van der Waals surface area contributed by atoms with E-state index in [1.807, 2.05) is 20.8 Å². The van der Waals surface area contributed by atoms with E-state index in [0.717, 1.165) is 16.2 Å². The SMILES string of the molecule is CC(C)(C)c1cc(OCCCC(F)(F)F)c(C(=O)O)s1. The van der Waals surface area contributed by atoms with Gasteiger partial charge in [0.2, 0.25) is 0 Å². The van der Waals surface area contributed by atoms with Gasteiger partial charge < -0.3 is 9.84 Å². The van der Waals surface area contributed by atoms with Gasteiger partial charge in [-0.05, 0) is 17.9 Å². The van der Waals surface area contributed by atoms with Gasteiger partial charge in [-0.3, -0.25) is 0 Å². The maximum absolute atomic E-state index is 12.0. The van der Waals surface area contributed by atoms with E-state index in [-0.39, 0.29) is 29.1 Å². The first-order chi connectivity index (χ1) is 9.00. The predicted molar refractivity (Wildman–Crippen MR) is 70.8 cm³/mol.